The van der Waals surface area contributed by atoms with Crippen LogP contribution in [0, 0.1) is 0 Å². The molecule has 1 aliphatic rings. The molecule has 168 valence electrons. The molecule has 0 unspecified atom stereocenters. The number of alkyl halides is 3. The Bertz CT molecular complexity index is 1030. The van der Waals surface area contributed by atoms with Gasteiger partial charge >= 0.3 is 12.2 Å². The van der Waals surface area contributed by atoms with Crippen LogP contribution in [-0.2, 0) is 16.2 Å². The summed E-state index contributed by atoms with van der Waals surface area (Å²) in [5.74, 6) is 0.412. The number of rotatable bonds is 4. The first-order valence-corrected chi connectivity index (χ1v) is 10.8. The van der Waals surface area contributed by atoms with Crippen molar-refractivity contribution in [3.05, 3.63) is 48.2 Å². The van der Waals surface area contributed by atoms with Crippen molar-refractivity contribution < 1.29 is 26.4 Å². The molecule has 0 saturated carbocycles. The smallest absolute Gasteiger partial charge is 0.353 e. The van der Waals surface area contributed by atoms with Gasteiger partial charge in [-0.1, -0.05) is 6.07 Å². The SMILES string of the molecule is CN(C)S(=O)(=O)c1cccc(NC(=O)N2CCN(c3ccc(C(F)(F)F)cn3)CC2)c1. The Kier molecular flexibility index (Phi) is 6.41. The Hall–Kier alpha value is -2.86. The summed E-state index contributed by atoms with van der Waals surface area (Å²) in [6.07, 6.45) is -3.64. The second-order valence-corrected chi connectivity index (χ2v) is 9.27. The second kappa shape index (κ2) is 8.71. The number of sulfonamides is 1. The molecular formula is C19H22F3N5O3S. The molecule has 0 bridgehead atoms. The molecule has 0 spiro atoms. The molecule has 2 amide bonds. The number of aromatic nitrogens is 1. The van der Waals surface area contributed by atoms with Gasteiger partial charge in [-0.25, -0.2) is 22.5 Å². The molecule has 8 nitrogen and oxygen atoms in total. The first-order valence-electron chi connectivity index (χ1n) is 9.35. The number of carbonyl (C=O) groups is 1. The number of carbonyl (C=O) groups excluding carboxylic acids is 1. The van der Waals surface area contributed by atoms with E-state index in [4.69, 9.17) is 0 Å². The summed E-state index contributed by atoms with van der Waals surface area (Å²) in [5.41, 5.74) is -0.465. The molecule has 1 fully saturated rings. The molecule has 0 radical (unpaired) electrons. The minimum atomic E-state index is -4.44. The van der Waals surface area contributed by atoms with Crippen LogP contribution in [0.15, 0.2) is 47.5 Å². The summed E-state index contributed by atoms with van der Waals surface area (Å²) in [4.78, 5) is 19.8. The van der Waals surface area contributed by atoms with Crippen molar-refractivity contribution in [2.75, 3.05) is 50.5 Å². The third kappa shape index (κ3) is 5.25. The Morgan fingerprint density at radius 3 is 2.32 bits per heavy atom. The summed E-state index contributed by atoms with van der Waals surface area (Å²) in [6.45, 7) is 1.48. The van der Waals surface area contributed by atoms with Crippen LogP contribution in [0.2, 0.25) is 0 Å². The maximum absolute atomic E-state index is 12.7. The summed E-state index contributed by atoms with van der Waals surface area (Å²) < 4.78 is 63.6. The quantitative estimate of drug-likeness (QED) is 0.763. The van der Waals surface area contributed by atoms with E-state index in [-0.39, 0.29) is 10.9 Å². The van der Waals surface area contributed by atoms with Gasteiger partial charge in [0.15, 0.2) is 0 Å². The zero-order valence-corrected chi connectivity index (χ0v) is 17.7. The monoisotopic (exact) mass is 457 g/mol. The van der Waals surface area contributed by atoms with E-state index in [0.29, 0.717) is 37.7 Å². The van der Waals surface area contributed by atoms with Gasteiger partial charge in [0.2, 0.25) is 10.0 Å². The van der Waals surface area contributed by atoms with Gasteiger partial charge in [-0.3, -0.25) is 0 Å². The number of pyridine rings is 1. The number of hydrogen-bond acceptors (Lipinski definition) is 5. The molecule has 1 aromatic heterocycles. The molecule has 0 aliphatic carbocycles. The van der Waals surface area contributed by atoms with Crippen LogP contribution in [0.4, 0.5) is 29.5 Å². The highest BCUT2D eigenvalue weighted by Gasteiger charge is 2.31. The van der Waals surface area contributed by atoms with E-state index in [1.165, 1.54) is 32.3 Å². The van der Waals surface area contributed by atoms with Crippen LogP contribution in [0.5, 0.6) is 0 Å². The van der Waals surface area contributed by atoms with E-state index >= 15 is 0 Å². The summed E-state index contributed by atoms with van der Waals surface area (Å²) in [7, 11) is -0.782. The van der Waals surface area contributed by atoms with Gasteiger partial charge in [0.05, 0.1) is 10.5 Å². The van der Waals surface area contributed by atoms with Crippen molar-refractivity contribution in [3.8, 4) is 0 Å². The van der Waals surface area contributed by atoms with Crippen LogP contribution in [0.25, 0.3) is 0 Å². The van der Waals surface area contributed by atoms with Gasteiger partial charge in [0, 0.05) is 52.2 Å². The molecule has 2 aromatic rings. The number of nitrogens with zero attached hydrogens (tertiary/aromatic N) is 4. The van der Waals surface area contributed by atoms with Crippen LogP contribution >= 0.6 is 0 Å². The van der Waals surface area contributed by atoms with Crippen molar-refractivity contribution in [2.24, 2.45) is 0 Å². The van der Waals surface area contributed by atoms with Crippen molar-refractivity contribution in [1.82, 2.24) is 14.2 Å². The number of nitrogens with one attached hydrogen (secondary N) is 1. The third-order valence-electron chi connectivity index (χ3n) is 4.83. The number of urea groups is 1. The molecule has 1 saturated heterocycles. The lowest BCUT2D eigenvalue weighted by molar-refractivity contribution is -0.137. The molecule has 1 aliphatic heterocycles. The number of piperazine rings is 1. The zero-order valence-electron chi connectivity index (χ0n) is 16.9. The van der Waals surface area contributed by atoms with Crippen LogP contribution in [-0.4, -0.2) is 68.9 Å². The fraction of sp³-hybridized carbons (Fsp3) is 0.368. The maximum Gasteiger partial charge on any atom is 0.417 e. The normalized spacial score (nSPS) is 15.3. The molecule has 31 heavy (non-hydrogen) atoms. The van der Waals surface area contributed by atoms with Gasteiger partial charge in [-0.2, -0.15) is 13.2 Å². The Morgan fingerprint density at radius 2 is 1.77 bits per heavy atom. The highest BCUT2D eigenvalue weighted by molar-refractivity contribution is 7.89. The van der Waals surface area contributed by atoms with Gasteiger partial charge in [0.25, 0.3) is 0 Å². The topological polar surface area (TPSA) is 85.8 Å². The molecule has 0 atom stereocenters. The maximum atomic E-state index is 12.7. The van der Waals surface area contributed by atoms with Crippen molar-refractivity contribution in [3.63, 3.8) is 0 Å². The van der Waals surface area contributed by atoms with E-state index in [2.05, 4.69) is 10.3 Å². The van der Waals surface area contributed by atoms with Crippen LogP contribution < -0.4 is 10.2 Å². The number of halogens is 3. The molecule has 1 N–H and O–H groups in total. The fourth-order valence-corrected chi connectivity index (χ4v) is 3.98. The van der Waals surface area contributed by atoms with E-state index in [1.807, 2.05) is 0 Å². The van der Waals surface area contributed by atoms with Gasteiger partial charge in [-0.05, 0) is 30.3 Å². The minimum Gasteiger partial charge on any atom is -0.353 e. The first-order chi connectivity index (χ1) is 14.5. The van der Waals surface area contributed by atoms with Crippen molar-refractivity contribution in [2.45, 2.75) is 11.1 Å². The van der Waals surface area contributed by atoms with E-state index in [0.717, 1.165) is 16.6 Å². The number of amides is 2. The fourth-order valence-electron chi connectivity index (χ4n) is 3.03. The Morgan fingerprint density at radius 1 is 1.10 bits per heavy atom. The summed E-state index contributed by atoms with van der Waals surface area (Å²) in [6, 6.07) is 7.87. The van der Waals surface area contributed by atoms with E-state index in [1.54, 1.807) is 21.9 Å². The van der Waals surface area contributed by atoms with Crippen molar-refractivity contribution >= 4 is 27.6 Å². The van der Waals surface area contributed by atoms with Crippen LogP contribution in [0.3, 0.4) is 0 Å². The lowest BCUT2D eigenvalue weighted by Gasteiger charge is -2.35. The largest absolute Gasteiger partial charge is 0.417 e. The molecule has 2 heterocycles. The Balaban J connectivity index is 1.60. The summed E-state index contributed by atoms with van der Waals surface area (Å²) in [5, 5.41) is 2.69. The average Bonchev–Trinajstić information content (AvgIpc) is 2.73. The van der Waals surface area contributed by atoms with E-state index in [9.17, 15) is 26.4 Å². The van der Waals surface area contributed by atoms with Crippen molar-refractivity contribution in [1.29, 1.82) is 0 Å². The average molecular weight is 457 g/mol. The second-order valence-electron chi connectivity index (χ2n) is 7.12. The van der Waals surface area contributed by atoms with E-state index < -0.39 is 21.8 Å². The molecule has 3 rings (SSSR count). The van der Waals surface area contributed by atoms with Gasteiger partial charge < -0.3 is 15.1 Å². The molecule has 1 aromatic carbocycles. The highest BCUT2D eigenvalue weighted by atomic mass is 32.2. The van der Waals surface area contributed by atoms with Gasteiger partial charge in [0.1, 0.15) is 5.82 Å². The molecule has 12 heteroatoms. The zero-order chi connectivity index (χ0) is 22.8. The number of hydrogen-bond donors (Lipinski definition) is 1. The minimum absolute atomic E-state index is 0.0634. The Labute approximate surface area is 178 Å². The lowest BCUT2D eigenvalue weighted by atomic mass is 10.2. The first kappa shape index (κ1) is 22.8. The lowest BCUT2D eigenvalue weighted by Crippen LogP contribution is -2.50. The predicted octanol–water partition coefficient (Wildman–Crippen LogP) is 2.70. The third-order valence-corrected chi connectivity index (χ3v) is 6.64. The summed E-state index contributed by atoms with van der Waals surface area (Å²) >= 11 is 0. The van der Waals surface area contributed by atoms with Gasteiger partial charge in [-0.15, -0.1) is 0 Å². The number of anilines is 2. The number of benzene rings is 1. The van der Waals surface area contributed by atoms with Crippen LogP contribution in [0.1, 0.15) is 5.56 Å². The predicted molar refractivity (Wildman–Crippen MR) is 109 cm³/mol. The molecular weight excluding hydrogens is 435 g/mol. The standard InChI is InChI=1S/C19H22F3N5O3S/c1-25(2)31(29,30)16-5-3-4-15(12-16)24-18(28)27-10-8-26(9-11-27)17-7-6-14(13-23-17)19(20,21)22/h3-7,12-13H,8-11H2,1-2H3,(H,24,28). The highest BCUT2D eigenvalue weighted by Crippen LogP contribution is 2.29.